The van der Waals surface area contributed by atoms with E-state index in [0.29, 0.717) is 35.5 Å². The minimum Gasteiger partial charge on any atom is -0.495 e. The van der Waals surface area contributed by atoms with Crippen LogP contribution in [0.3, 0.4) is 0 Å². The summed E-state index contributed by atoms with van der Waals surface area (Å²) >= 11 is 6.19. The Labute approximate surface area is 161 Å². The normalized spacial score (nSPS) is 16.8. The van der Waals surface area contributed by atoms with Crippen LogP contribution < -0.4 is 9.64 Å². The predicted molar refractivity (Wildman–Crippen MR) is 102 cm³/mol. The van der Waals surface area contributed by atoms with Crippen molar-refractivity contribution in [3.63, 3.8) is 0 Å². The Morgan fingerprint density at radius 3 is 2.81 bits per heavy atom. The van der Waals surface area contributed by atoms with Gasteiger partial charge in [0.1, 0.15) is 5.75 Å². The van der Waals surface area contributed by atoms with Crippen molar-refractivity contribution in [3.8, 4) is 17.1 Å². The minimum atomic E-state index is -0.149. The molecule has 1 aliphatic heterocycles. The quantitative estimate of drug-likeness (QED) is 0.674. The number of halogens is 1. The van der Waals surface area contributed by atoms with Crippen molar-refractivity contribution in [2.24, 2.45) is 0 Å². The third kappa shape index (κ3) is 3.28. The number of hydrogen-bond acceptors (Lipinski definition) is 5. The third-order valence-electron chi connectivity index (χ3n) is 4.75. The molecule has 0 aliphatic carbocycles. The molecule has 1 saturated heterocycles. The molecular formula is C20H18ClN3O3. The number of rotatable bonds is 4. The van der Waals surface area contributed by atoms with Gasteiger partial charge in [0.25, 0.3) is 0 Å². The van der Waals surface area contributed by atoms with Gasteiger partial charge in [-0.2, -0.15) is 4.98 Å². The van der Waals surface area contributed by atoms with Crippen molar-refractivity contribution < 1.29 is 14.1 Å². The SMILES string of the molecule is COc1ccc(N2CC(c3nc(-c4ccccc4C)no3)CC2=O)cc1Cl. The van der Waals surface area contributed by atoms with Crippen LogP contribution in [-0.2, 0) is 4.79 Å². The first-order valence-electron chi connectivity index (χ1n) is 8.60. The smallest absolute Gasteiger partial charge is 0.232 e. The molecule has 0 saturated carbocycles. The first-order chi connectivity index (χ1) is 13.1. The zero-order valence-electron chi connectivity index (χ0n) is 15.0. The topological polar surface area (TPSA) is 68.5 Å². The molecule has 2 heterocycles. The molecule has 6 nitrogen and oxygen atoms in total. The van der Waals surface area contributed by atoms with Crippen molar-refractivity contribution in [2.45, 2.75) is 19.3 Å². The summed E-state index contributed by atoms with van der Waals surface area (Å²) in [5.74, 6) is 1.44. The lowest BCUT2D eigenvalue weighted by Crippen LogP contribution is -2.24. The second kappa shape index (κ2) is 7.04. The number of carbonyl (C=O) groups excluding carboxylic acids is 1. The molecule has 138 valence electrons. The van der Waals surface area contributed by atoms with Gasteiger partial charge in [-0.05, 0) is 30.7 Å². The van der Waals surface area contributed by atoms with Gasteiger partial charge in [-0.15, -0.1) is 0 Å². The molecule has 2 aromatic carbocycles. The van der Waals surface area contributed by atoms with Gasteiger partial charge in [-0.3, -0.25) is 4.79 Å². The summed E-state index contributed by atoms with van der Waals surface area (Å²) in [6, 6.07) is 13.2. The molecular weight excluding hydrogens is 366 g/mol. The molecule has 1 unspecified atom stereocenters. The van der Waals surface area contributed by atoms with Gasteiger partial charge in [0, 0.05) is 24.2 Å². The first kappa shape index (κ1) is 17.5. The van der Waals surface area contributed by atoms with E-state index in [2.05, 4.69) is 10.1 Å². The lowest BCUT2D eigenvalue weighted by Gasteiger charge is -2.17. The fourth-order valence-electron chi connectivity index (χ4n) is 3.28. The Bertz CT molecular complexity index is 1000. The highest BCUT2D eigenvalue weighted by molar-refractivity contribution is 6.32. The van der Waals surface area contributed by atoms with Crippen LogP contribution in [0.1, 0.15) is 23.8 Å². The maximum Gasteiger partial charge on any atom is 0.232 e. The standard InChI is InChI=1S/C20H18ClN3O3/c1-12-5-3-4-6-15(12)19-22-20(27-23-19)13-9-18(25)24(11-13)14-7-8-17(26-2)16(21)10-14/h3-8,10,13H,9,11H2,1-2H3. The second-order valence-electron chi connectivity index (χ2n) is 6.50. The number of anilines is 1. The Morgan fingerprint density at radius 1 is 1.26 bits per heavy atom. The average molecular weight is 384 g/mol. The summed E-state index contributed by atoms with van der Waals surface area (Å²) in [4.78, 5) is 18.7. The van der Waals surface area contributed by atoms with Gasteiger partial charge < -0.3 is 14.2 Å². The molecule has 3 aromatic rings. The molecule has 1 atom stereocenters. The lowest BCUT2D eigenvalue weighted by molar-refractivity contribution is -0.117. The largest absolute Gasteiger partial charge is 0.495 e. The van der Waals surface area contributed by atoms with Gasteiger partial charge >= 0.3 is 0 Å². The highest BCUT2D eigenvalue weighted by Gasteiger charge is 2.35. The van der Waals surface area contributed by atoms with Crippen molar-refractivity contribution >= 4 is 23.2 Å². The van der Waals surface area contributed by atoms with Crippen molar-refractivity contribution in [2.75, 3.05) is 18.6 Å². The fraction of sp³-hybridized carbons (Fsp3) is 0.250. The van der Waals surface area contributed by atoms with E-state index in [4.69, 9.17) is 20.9 Å². The van der Waals surface area contributed by atoms with Crippen LogP contribution in [0, 0.1) is 6.92 Å². The van der Waals surface area contributed by atoms with E-state index in [-0.39, 0.29) is 11.8 Å². The molecule has 0 N–H and O–H groups in total. The van der Waals surface area contributed by atoms with Crippen LogP contribution in [0.15, 0.2) is 47.0 Å². The maximum absolute atomic E-state index is 12.5. The molecule has 4 rings (SSSR count). The van der Waals surface area contributed by atoms with E-state index < -0.39 is 0 Å². The summed E-state index contributed by atoms with van der Waals surface area (Å²) in [5, 5.41) is 4.56. The van der Waals surface area contributed by atoms with E-state index in [1.807, 2.05) is 37.3 Å². The van der Waals surface area contributed by atoms with Gasteiger partial charge in [0.2, 0.25) is 17.6 Å². The summed E-state index contributed by atoms with van der Waals surface area (Å²) in [6.07, 6.45) is 0.319. The zero-order chi connectivity index (χ0) is 19.0. The molecule has 1 aliphatic rings. The molecule has 0 bridgehead atoms. The van der Waals surface area contributed by atoms with Gasteiger partial charge in [-0.25, -0.2) is 0 Å². The van der Waals surface area contributed by atoms with Crippen LogP contribution in [0.4, 0.5) is 5.69 Å². The highest BCUT2D eigenvalue weighted by atomic mass is 35.5. The number of aryl methyl sites for hydroxylation is 1. The molecule has 27 heavy (non-hydrogen) atoms. The molecule has 0 spiro atoms. The number of hydrogen-bond donors (Lipinski definition) is 0. The molecule has 0 radical (unpaired) electrons. The number of ether oxygens (including phenoxy) is 1. The van der Waals surface area contributed by atoms with E-state index in [0.717, 1.165) is 16.8 Å². The number of nitrogens with zero attached hydrogens (tertiary/aromatic N) is 3. The van der Waals surface area contributed by atoms with Crippen LogP contribution in [0.2, 0.25) is 5.02 Å². The van der Waals surface area contributed by atoms with Gasteiger partial charge in [-0.1, -0.05) is 41.0 Å². The van der Waals surface area contributed by atoms with E-state index in [1.165, 1.54) is 0 Å². The van der Waals surface area contributed by atoms with Crippen LogP contribution in [-0.4, -0.2) is 29.7 Å². The summed E-state index contributed by atoms with van der Waals surface area (Å²) in [7, 11) is 1.56. The summed E-state index contributed by atoms with van der Waals surface area (Å²) < 4.78 is 10.6. The Balaban J connectivity index is 1.56. The Hall–Kier alpha value is -2.86. The second-order valence-corrected chi connectivity index (χ2v) is 6.90. The molecule has 1 aromatic heterocycles. The summed E-state index contributed by atoms with van der Waals surface area (Å²) in [6.45, 7) is 2.47. The average Bonchev–Trinajstić information content (AvgIpc) is 3.29. The number of benzene rings is 2. The van der Waals surface area contributed by atoms with E-state index in [1.54, 1.807) is 24.1 Å². The van der Waals surface area contributed by atoms with Crippen LogP contribution in [0.25, 0.3) is 11.4 Å². The van der Waals surface area contributed by atoms with Gasteiger partial charge in [0.05, 0.1) is 18.1 Å². The van der Waals surface area contributed by atoms with Crippen molar-refractivity contribution in [3.05, 3.63) is 58.9 Å². The number of methoxy groups -OCH3 is 1. The molecule has 1 amide bonds. The van der Waals surface area contributed by atoms with Crippen LogP contribution in [0.5, 0.6) is 5.75 Å². The number of amides is 1. The van der Waals surface area contributed by atoms with Crippen LogP contribution >= 0.6 is 11.6 Å². The lowest BCUT2D eigenvalue weighted by atomic mass is 10.1. The number of carbonyl (C=O) groups is 1. The fourth-order valence-corrected chi connectivity index (χ4v) is 3.53. The van der Waals surface area contributed by atoms with Crippen molar-refractivity contribution in [1.82, 2.24) is 10.1 Å². The third-order valence-corrected chi connectivity index (χ3v) is 5.04. The van der Waals surface area contributed by atoms with Crippen molar-refractivity contribution in [1.29, 1.82) is 0 Å². The summed E-state index contributed by atoms with van der Waals surface area (Å²) in [5.41, 5.74) is 2.73. The minimum absolute atomic E-state index is 0.00289. The van der Waals surface area contributed by atoms with Gasteiger partial charge in [0.15, 0.2) is 0 Å². The molecule has 7 heteroatoms. The monoisotopic (exact) mass is 383 g/mol. The first-order valence-corrected chi connectivity index (χ1v) is 8.98. The Kier molecular flexibility index (Phi) is 4.58. The maximum atomic E-state index is 12.5. The molecule has 1 fully saturated rings. The Morgan fingerprint density at radius 2 is 2.07 bits per heavy atom. The van der Waals surface area contributed by atoms with E-state index in [9.17, 15) is 4.79 Å². The zero-order valence-corrected chi connectivity index (χ0v) is 15.7. The number of aromatic nitrogens is 2. The van der Waals surface area contributed by atoms with E-state index >= 15 is 0 Å². The highest BCUT2D eigenvalue weighted by Crippen LogP contribution is 2.35. The predicted octanol–water partition coefficient (Wildman–Crippen LogP) is 4.23.